The van der Waals surface area contributed by atoms with Gasteiger partial charge in [0.2, 0.25) is 0 Å². The monoisotopic (exact) mass is 1480 g/mol. The molecule has 0 unspecified atom stereocenters. The van der Waals surface area contributed by atoms with Crippen molar-refractivity contribution in [1.82, 2.24) is 10.4 Å². The summed E-state index contributed by atoms with van der Waals surface area (Å²) in [6.45, 7) is 80.7. The lowest BCUT2D eigenvalue weighted by molar-refractivity contribution is 0.124. The molecule has 14 rings (SSSR count). The van der Waals surface area contributed by atoms with Crippen molar-refractivity contribution in [2.75, 3.05) is 6.54 Å². The second-order valence-corrected chi connectivity index (χ2v) is 41.0. The van der Waals surface area contributed by atoms with Crippen LogP contribution in [0.4, 0.5) is 0 Å². The van der Waals surface area contributed by atoms with Gasteiger partial charge in [0.25, 0.3) is 0 Å². The minimum absolute atomic E-state index is 0. The van der Waals surface area contributed by atoms with Crippen LogP contribution in [0.2, 0.25) is 34.1 Å². The number of nitrogens with zero attached hydrogens (tertiary/aromatic N) is 2. The van der Waals surface area contributed by atoms with Crippen molar-refractivity contribution in [1.29, 1.82) is 0 Å². The van der Waals surface area contributed by atoms with E-state index >= 15 is 0 Å². The van der Waals surface area contributed by atoms with E-state index in [2.05, 4.69) is 373 Å². The van der Waals surface area contributed by atoms with Crippen LogP contribution in [-0.4, -0.2) is 69.5 Å². The quantitative estimate of drug-likeness (QED) is 0.144. The Morgan fingerprint density at radius 2 is 0.862 bits per heavy atom. The molecular formula is C93H143B6N3O7. The molecule has 0 amide bonds. The molecule has 6 aromatic carbocycles. The maximum Gasteiger partial charge on any atom is 0.491 e. The van der Waals surface area contributed by atoms with Crippen LogP contribution in [0.15, 0.2) is 139 Å². The number of rotatable bonds is 0. The number of hydrogen-bond acceptors (Lipinski definition) is 10. The first-order valence-corrected chi connectivity index (χ1v) is 40.2. The van der Waals surface area contributed by atoms with Gasteiger partial charge in [0.15, 0.2) is 0 Å². The number of hydrogen-bond donors (Lipinski definition) is 2. The Morgan fingerprint density at radius 1 is 0.422 bits per heavy atom. The number of allylic oxidation sites excluding steroid dienone is 1. The van der Waals surface area contributed by atoms with Gasteiger partial charge in [0, 0.05) is 47.3 Å². The summed E-state index contributed by atoms with van der Waals surface area (Å²) < 4.78 is 34.4. The molecule has 0 aliphatic carbocycles. The summed E-state index contributed by atoms with van der Waals surface area (Å²) in [4.78, 5) is 4.24. The zero-order valence-corrected chi connectivity index (χ0v) is 74.0. The maximum atomic E-state index is 9.45. The fourth-order valence-electron chi connectivity index (χ4n) is 14.2. The lowest BCUT2D eigenvalue weighted by Crippen LogP contribution is -2.45. The molecule has 590 valence electrons. The number of fused-ring (bicyclic) bond motifs is 6. The summed E-state index contributed by atoms with van der Waals surface area (Å²) >= 11 is 0. The summed E-state index contributed by atoms with van der Waals surface area (Å²) in [5.74, 6) is 2.16. The van der Waals surface area contributed by atoms with Crippen LogP contribution in [0.3, 0.4) is 0 Å². The van der Waals surface area contributed by atoms with E-state index in [0.717, 1.165) is 48.4 Å². The molecule has 16 heteroatoms. The lowest BCUT2D eigenvalue weighted by atomic mass is 9.48. The van der Waals surface area contributed by atoms with E-state index in [1.807, 2.05) is 18.5 Å². The molecule has 10 nitrogen and oxygen atoms in total. The van der Waals surface area contributed by atoms with E-state index in [1.54, 1.807) is 0 Å². The van der Waals surface area contributed by atoms with Crippen molar-refractivity contribution >= 4 is 69.3 Å². The van der Waals surface area contributed by atoms with Gasteiger partial charge in [0.1, 0.15) is 11.5 Å². The fourth-order valence-corrected chi connectivity index (χ4v) is 14.2. The molecule has 0 saturated carbocycles. The van der Waals surface area contributed by atoms with Crippen LogP contribution < -0.4 is 36.6 Å². The van der Waals surface area contributed by atoms with Gasteiger partial charge in [-0.05, 0) is 202 Å². The minimum atomic E-state index is -0.723. The van der Waals surface area contributed by atoms with Gasteiger partial charge >= 0.3 is 41.7 Å². The largest absolute Gasteiger partial charge is 0.561 e. The van der Waals surface area contributed by atoms with Crippen molar-refractivity contribution < 1.29 is 33.0 Å². The summed E-state index contributed by atoms with van der Waals surface area (Å²) in [6, 6.07) is 39.8. The molecule has 0 atom stereocenters. The third-order valence-corrected chi connectivity index (χ3v) is 22.2. The second kappa shape index (κ2) is 34.8. The summed E-state index contributed by atoms with van der Waals surface area (Å²) in [7, 11) is -0.723. The predicted molar refractivity (Wildman–Crippen MR) is 477 cm³/mol. The Hall–Kier alpha value is -5.98. The molecule has 2 N–H and O–H groups in total. The molecule has 8 heterocycles. The molecule has 6 aromatic rings. The van der Waals surface area contributed by atoms with Crippen molar-refractivity contribution in [2.45, 2.75) is 330 Å². The molecule has 0 fully saturated rings. The zero-order chi connectivity index (χ0) is 81.3. The summed E-state index contributed by atoms with van der Waals surface area (Å²) in [6.07, 6.45) is 10.2. The predicted octanol–water partition coefficient (Wildman–Crippen LogP) is 20.7. The molecule has 8 aliphatic rings. The Bertz CT molecular complexity index is 4150. The average Bonchev–Trinajstić information content (AvgIpc) is 1.63. The SMILES string of the molecule is C.CB1Cc2ccc(C(C)(C)C)cc2O1.CB1OC(C)(C)c2cc(C(C)(C)C)ccc21.CB1OC(C)(C)c2ccc(C(C)(C)C)cc21.CB1OCc2ccc(C(C)(C)C)cc21.CB1Oc2cc(C(C)(C)C)ccc2C1(C)C.CC(C)(C)C1=NC=CC1.CC(C)(C)N1CC=CN1.CC(C)(C)c1ccc2c(c1)COB2O. The van der Waals surface area contributed by atoms with Crippen molar-refractivity contribution in [3.63, 3.8) is 0 Å². The van der Waals surface area contributed by atoms with Crippen molar-refractivity contribution in [3.05, 3.63) is 201 Å². The maximum absolute atomic E-state index is 9.45. The van der Waals surface area contributed by atoms with Crippen molar-refractivity contribution in [2.24, 2.45) is 10.4 Å². The molecule has 0 aromatic heterocycles. The molecule has 8 aliphatic heterocycles. The first-order chi connectivity index (χ1) is 49.3. The molecule has 109 heavy (non-hydrogen) atoms. The average molecular weight is 1480 g/mol. The molecule has 0 saturated heterocycles. The van der Waals surface area contributed by atoms with E-state index in [1.165, 1.54) is 83.3 Å². The third kappa shape index (κ3) is 24.0. The Morgan fingerprint density at radius 3 is 1.34 bits per heavy atom. The summed E-state index contributed by atoms with van der Waals surface area (Å²) in [5.41, 5.74) is 26.9. The van der Waals surface area contributed by atoms with Crippen LogP contribution in [0.1, 0.15) is 288 Å². The topological polar surface area (TPSA) is 103 Å². The first-order valence-electron chi connectivity index (χ1n) is 40.2. The zero-order valence-electron chi connectivity index (χ0n) is 74.0. The van der Waals surface area contributed by atoms with Gasteiger partial charge in [-0.3, -0.25) is 4.99 Å². The van der Waals surface area contributed by atoms with E-state index < -0.39 is 7.12 Å². The highest BCUT2D eigenvalue weighted by molar-refractivity contribution is 6.68. The lowest BCUT2D eigenvalue weighted by Gasteiger charge is -2.31. The first kappa shape index (κ1) is 91.9. The van der Waals surface area contributed by atoms with Crippen molar-refractivity contribution in [3.8, 4) is 11.5 Å². The number of benzene rings is 6. The van der Waals surface area contributed by atoms with Crippen LogP contribution in [0.5, 0.6) is 11.5 Å². The highest BCUT2D eigenvalue weighted by Crippen LogP contribution is 2.43. The van der Waals surface area contributed by atoms with E-state index in [9.17, 15) is 5.02 Å². The van der Waals surface area contributed by atoms with Crippen LogP contribution in [0, 0.1) is 5.41 Å². The highest BCUT2D eigenvalue weighted by atomic mass is 16.5. The minimum Gasteiger partial charge on any atom is -0.561 e. The van der Waals surface area contributed by atoms with Crippen LogP contribution in [-0.2, 0) is 87.2 Å². The normalized spacial score (nSPS) is 17.4. The number of hydrazine groups is 1. The van der Waals surface area contributed by atoms with Gasteiger partial charge in [0.05, 0.1) is 24.4 Å². The van der Waals surface area contributed by atoms with E-state index in [-0.39, 0.29) is 95.0 Å². The van der Waals surface area contributed by atoms with Crippen LogP contribution >= 0.6 is 0 Å². The Kier molecular flexibility index (Phi) is 29.3. The van der Waals surface area contributed by atoms with Gasteiger partial charge in [-0.2, -0.15) is 0 Å². The molecule has 0 radical (unpaired) electrons. The molecule has 0 bridgehead atoms. The van der Waals surface area contributed by atoms with Gasteiger partial charge in [-0.1, -0.05) is 296 Å². The molecule has 0 spiro atoms. The van der Waals surface area contributed by atoms with Gasteiger partial charge in [-0.25, -0.2) is 5.01 Å². The standard InChI is InChI=1S/3C14H21BO.2C12H17BO.C11H15BO2.C8H13N.C7H14N2.CH4/c1-13(2,3)10-7-8-12-11(9-10)14(4,5)16-15(12)6;1-13(2,3)10-7-8-11-12(9-10)16-15(6)14(11,4)5;1-13(2,3)10-7-8-11-12(9-10)15(6)16-14(11,4)5;1-12(2,3)10-6-5-9-8-14-13(4)11(9)7-10;1-12(2,3)10-6-5-9-8-13(4)14-11(9)7-10;1-11(2,3)9-4-5-10-8(6-9)7-14-12(10)13;1-8(2,3)7-5-4-6-9-7;1-7(2,3)9-6-4-5-8-9;/h3*7-9H,1-6H3;2*5-7H,8H2,1-4H3;4-6,13H,7H2,1-3H3;4,6H,5H2,1-3H3;4-5,8H,6H2,1-3H3;1H4. The molecular weight excluding hydrogens is 1340 g/mol. The third-order valence-electron chi connectivity index (χ3n) is 22.2. The van der Waals surface area contributed by atoms with Gasteiger partial charge < -0.3 is 38.4 Å². The second-order valence-electron chi connectivity index (χ2n) is 41.0. The Labute approximate surface area is 667 Å². The van der Waals surface area contributed by atoms with E-state index in [4.69, 9.17) is 27.9 Å². The van der Waals surface area contributed by atoms with Crippen LogP contribution in [0.25, 0.3) is 0 Å². The Balaban J connectivity index is 0.000000196. The smallest absolute Gasteiger partial charge is 0.491 e. The van der Waals surface area contributed by atoms with Gasteiger partial charge in [-0.15, -0.1) is 0 Å². The summed E-state index contributed by atoms with van der Waals surface area (Å²) in [5, 5.41) is 11.8. The number of aliphatic imine (C=N–C) groups is 1. The number of nitrogens with one attached hydrogen (secondary N) is 1. The fraction of sp³-hybridized carbons (Fsp3) is 0.559. The van der Waals surface area contributed by atoms with E-state index in [0.29, 0.717) is 13.5 Å². The highest BCUT2D eigenvalue weighted by Gasteiger charge is 2.44.